The number of carbonyl (C=O) groups is 1. The van der Waals surface area contributed by atoms with Gasteiger partial charge in [-0.2, -0.15) is 0 Å². The van der Waals surface area contributed by atoms with Crippen LogP contribution in [0.4, 0.5) is 0 Å². The maximum absolute atomic E-state index is 11.1. The highest BCUT2D eigenvalue weighted by molar-refractivity contribution is 5.80. The fourth-order valence-corrected chi connectivity index (χ4v) is 2.07. The molecular weight excluding hydrogens is 198 g/mol. The van der Waals surface area contributed by atoms with Crippen LogP contribution in [0.3, 0.4) is 0 Å². The first-order valence-electron chi connectivity index (χ1n) is 5.87. The number of allylic oxidation sites excluding steroid dienone is 1. The van der Waals surface area contributed by atoms with E-state index in [1.165, 1.54) is 19.3 Å². The maximum atomic E-state index is 11.1. The van der Waals surface area contributed by atoms with Crippen LogP contribution in [0.5, 0.6) is 0 Å². The SMILES string of the molecule is O=CC(=Cc1ccccc1)N1CCCCC1. The van der Waals surface area contributed by atoms with Crippen molar-refractivity contribution in [3.05, 3.63) is 41.6 Å². The van der Waals surface area contributed by atoms with Gasteiger partial charge in [-0.1, -0.05) is 30.3 Å². The molecule has 1 aromatic carbocycles. The van der Waals surface area contributed by atoms with Crippen LogP contribution in [-0.4, -0.2) is 24.3 Å². The lowest BCUT2D eigenvalue weighted by molar-refractivity contribution is -0.106. The highest BCUT2D eigenvalue weighted by Crippen LogP contribution is 2.15. The summed E-state index contributed by atoms with van der Waals surface area (Å²) in [7, 11) is 0. The summed E-state index contributed by atoms with van der Waals surface area (Å²) in [4.78, 5) is 13.3. The van der Waals surface area contributed by atoms with E-state index in [1.54, 1.807) is 0 Å². The summed E-state index contributed by atoms with van der Waals surface area (Å²) in [5, 5.41) is 0. The van der Waals surface area contributed by atoms with Gasteiger partial charge in [0.05, 0.1) is 5.70 Å². The van der Waals surface area contributed by atoms with Crippen molar-refractivity contribution in [3.63, 3.8) is 0 Å². The molecule has 0 saturated carbocycles. The Morgan fingerprint density at radius 2 is 1.75 bits per heavy atom. The summed E-state index contributed by atoms with van der Waals surface area (Å²) < 4.78 is 0. The molecule has 1 aliphatic heterocycles. The van der Waals surface area contributed by atoms with Gasteiger partial charge in [0.1, 0.15) is 0 Å². The van der Waals surface area contributed by atoms with Gasteiger partial charge in [0.25, 0.3) is 0 Å². The van der Waals surface area contributed by atoms with Gasteiger partial charge in [0.2, 0.25) is 0 Å². The van der Waals surface area contributed by atoms with Gasteiger partial charge in [0.15, 0.2) is 6.29 Å². The summed E-state index contributed by atoms with van der Waals surface area (Å²) in [5.74, 6) is 0. The minimum atomic E-state index is 0.811. The fraction of sp³-hybridized carbons (Fsp3) is 0.357. The number of carbonyl (C=O) groups excluding carboxylic acids is 1. The van der Waals surface area contributed by atoms with Gasteiger partial charge >= 0.3 is 0 Å². The lowest BCUT2D eigenvalue weighted by Crippen LogP contribution is -2.29. The molecule has 1 fully saturated rings. The molecule has 0 aromatic heterocycles. The zero-order chi connectivity index (χ0) is 11.2. The Morgan fingerprint density at radius 1 is 1.06 bits per heavy atom. The molecule has 0 bridgehead atoms. The standard InChI is InChI=1S/C14H17NO/c16-12-14(15-9-5-2-6-10-15)11-13-7-3-1-4-8-13/h1,3-4,7-8,11-12H,2,5-6,9-10H2. The molecule has 0 amide bonds. The predicted octanol–water partition coefficient (Wildman–Crippen LogP) is 2.71. The smallest absolute Gasteiger partial charge is 0.166 e. The predicted molar refractivity (Wildman–Crippen MR) is 65.9 cm³/mol. The van der Waals surface area contributed by atoms with Crippen LogP contribution in [0.25, 0.3) is 6.08 Å². The summed E-state index contributed by atoms with van der Waals surface area (Å²) >= 11 is 0. The Morgan fingerprint density at radius 3 is 2.38 bits per heavy atom. The van der Waals surface area contributed by atoms with Crippen molar-refractivity contribution in [2.45, 2.75) is 19.3 Å². The van der Waals surface area contributed by atoms with E-state index in [-0.39, 0.29) is 0 Å². The molecule has 1 heterocycles. The molecule has 2 rings (SSSR count). The first kappa shape index (κ1) is 10.9. The quantitative estimate of drug-likeness (QED) is 0.570. The van der Waals surface area contributed by atoms with E-state index < -0.39 is 0 Å². The van der Waals surface area contributed by atoms with E-state index in [4.69, 9.17) is 0 Å². The molecule has 1 saturated heterocycles. The molecule has 0 radical (unpaired) electrons. The number of hydrogen-bond donors (Lipinski definition) is 0. The number of rotatable bonds is 3. The summed E-state index contributed by atoms with van der Waals surface area (Å²) in [5.41, 5.74) is 1.90. The van der Waals surface area contributed by atoms with Gasteiger partial charge in [-0.15, -0.1) is 0 Å². The van der Waals surface area contributed by atoms with Gasteiger partial charge in [-0.25, -0.2) is 0 Å². The van der Waals surface area contributed by atoms with Gasteiger partial charge in [0, 0.05) is 13.1 Å². The molecule has 0 spiro atoms. The zero-order valence-electron chi connectivity index (χ0n) is 9.43. The topological polar surface area (TPSA) is 20.3 Å². The number of hydrogen-bond acceptors (Lipinski definition) is 2. The van der Waals surface area contributed by atoms with Crippen LogP contribution in [0.15, 0.2) is 36.0 Å². The third kappa shape index (κ3) is 2.72. The largest absolute Gasteiger partial charge is 0.369 e. The molecule has 2 heteroatoms. The molecule has 0 N–H and O–H groups in total. The highest BCUT2D eigenvalue weighted by atomic mass is 16.1. The van der Waals surface area contributed by atoms with Crippen LogP contribution in [0, 0.1) is 0 Å². The molecule has 0 unspecified atom stereocenters. The van der Waals surface area contributed by atoms with E-state index in [1.807, 2.05) is 36.4 Å². The van der Waals surface area contributed by atoms with Crippen LogP contribution < -0.4 is 0 Å². The molecule has 2 nitrogen and oxygen atoms in total. The molecular formula is C14H17NO. The monoisotopic (exact) mass is 215 g/mol. The molecule has 0 aliphatic carbocycles. The molecule has 1 aromatic rings. The Balaban J connectivity index is 2.15. The van der Waals surface area contributed by atoms with E-state index in [2.05, 4.69) is 4.90 Å². The molecule has 1 aliphatic rings. The second kappa shape index (κ2) is 5.50. The lowest BCUT2D eigenvalue weighted by Gasteiger charge is -2.28. The zero-order valence-corrected chi connectivity index (χ0v) is 9.43. The Kier molecular flexibility index (Phi) is 3.76. The summed E-state index contributed by atoms with van der Waals surface area (Å²) in [6.45, 7) is 2.02. The van der Waals surface area contributed by atoms with Crippen molar-refractivity contribution in [1.82, 2.24) is 4.90 Å². The Labute approximate surface area is 96.6 Å². The van der Waals surface area contributed by atoms with Crippen LogP contribution >= 0.6 is 0 Å². The van der Waals surface area contributed by atoms with Gasteiger partial charge < -0.3 is 4.90 Å². The highest BCUT2D eigenvalue weighted by Gasteiger charge is 2.12. The maximum Gasteiger partial charge on any atom is 0.166 e. The van der Waals surface area contributed by atoms with Gasteiger partial charge in [-0.3, -0.25) is 4.79 Å². The van der Waals surface area contributed by atoms with Crippen molar-refractivity contribution in [2.75, 3.05) is 13.1 Å². The van der Waals surface area contributed by atoms with Crippen LogP contribution in [0.2, 0.25) is 0 Å². The minimum absolute atomic E-state index is 0.811. The second-order valence-electron chi connectivity index (χ2n) is 4.15. The second-order valence-corrected chi connectivity index (χ2v) is 4.15. The normalized spacial score (nSPS) is 17.2. The van der Waals surface area contributed by atoms with Crippen molar-refractivity contribution < 1.29 is 4.79 Å². The van der Waals surface area contributed by atoms with Crippen LogP contribution in [0.1, 0.15) is 24.8 Å². The van der Waals surface area contributed by atoms with Crippen molar-refractivity contribution in [3.8, 4) is 0 Å². The molecule has 84 valence electrons. The molecule has 0 atom stereocenters. The number of aldehydes is 1. The van der Waals surface area contributed by atoms with E-state index in [0.29, 0.717) is 0 Å². The average Bonchev–Trinajstić information content (AvgIpc) is 2.38. The van der Waals surface area contributed by atoms with E-state index >= 15 is 0 Å². The number of piperidine rings is 1. The number of benzene rings is 1. The van der Waals surface area contributed by atoms with E-state index in [9.17, 15) is 4.79 Å². The summed E-state index contributed by atoms with van der Waals surface area (Å²) in [6, 6.07) is 10.0. The minimum Gasteiger partial charge on any atom is -0.369 e. The first-order valence-corrected chi connectivity index (χ1v) is 5.87. The van der Waals surface area contributed by atoms with Crippen LogP contribution in [-0.2, 0) is 4.79 Å². The Bertz CT molecular complexity index is 364. The van der Waals surface area contributed by atoms with E-state index in [0.717, 1.165) is 30.6 Å². The van der Waals surface area contributed by atoms with Crippen molar-refractivity contribution in [2.24, 2.45) is 0 Å². The third-order valence-corrected chi connectivity index (χ3v) is 2.96. The van der Waals surface area contributed by atoms with Crippen molar-refractivity contribution in [1.29, 1.82) is 0 Å². The average molecular weight is 215 g/mol. The first-order chi connectivity index (χ1) is 7.90. The third-order valence-electron chi connectivity index (χ3n) is 2.96. The van der Waals surface area contributed by atoms with Gasteiger partial charge in [-0.05, 0) is 30.9 Å². The molecule has 16 heavy (non-hydrogen) atoms. The Hall–Kier alpha value is -1.57. The number of likely N-dealkylation sites (tertiary alicyclic amines) is 1. The van der Waals surface area contributed by atoms with Crippen molar-refractivity contribution >= 4 is 12.4 Å². The summed E-state index contributed by atoms with van der Waals surface area (Å²) in [6.07, 6.45) is 6.62. The fourth-order valence-electron chi connectivity index (χ4n) is 2.07. The number of nitrogens with zero attached hydrogens (tertiary/aromatic N) is 1. The lowest BCUT2D eigenvalue weighted by atomic mass is 10.1.